The van der Waals surface area contributed by atoms with Gasteiger partial charge in [-0.25, -0.2) is 9.37 Å². The van der Waals surface area contributed by atoms with Crippen LogP contribution in [-0.2, 0) is 13.6 Å². The molecule has 5 aromatic rings. The van der Waals surface area contributed by atoms with Crippen molar-refractivity contribution >= 4 is 11.0 Å². The zero-order valence-electron chi connectivity index (χ0n) is 17.2. The van der Waals surface area contributed by atoms with Gasteiger partial charge in [0.25, 0.3) is 0 Å². The van der Waals surface area contributed by atoms with Crippen molar-refractivity contribution in [3.8, 4) is 22.3 Å². The number of hydrogen-bond donors (Lipinski definition) is 1. The molecule has 0 aliphatic rings. The highest BCUT2D eigenvalue weighted by Crippen LogP contribution is 2.30. The van der Waals surface area contributed by atoms with Crippen molar-refractivity contribution in [3.05, 3.63) is 78.9 Å². The highest BCUT2D eigenvalue weighted by atomic mass is 19.1. The maximum atomic E-state index is 13.4. The first-order chi connectivity index (χ1) is 14.7. The number of aromatic amines is 1. The molecule has 5 rings (SSSR count). The first kappa shape index (κ1) is 19.6. The molecule has 0 aliphatic heterocycles. The topological polar surface area (TPSA) is 64.3 Å². The van der Waals surface area contributed by atoms with Crippen molar-refractivity contribution in [1.29, 1.82) is 0 Å². The molecule has 4 heterocycles. The number of fused-ring (bicyclic) bond motifs is 1. The average molecular weight is 402 g/mol. The molecule has 0 aliphatic carbocycles. The molecular formula is C23H23FN6. The van der Waals surface area contributed by atoms with E-state index in [1.165, 1.54) is 12.1 Å². The molecule has 0 saturated carbocycles. The Hall–Kier alpha value is -3.74. The highest BCUT2D eigenvalue weighted by Gasteiger charge is 2.12. The minimum Gasteiger partial charge on any atom is -0.346 e. The highest BCUT2D eigenvalue weighted by molar-refractivity contribution is 5.95. The van der Waals surface area contributed by atoms with Crippen LogP contribution in [0, 0.1) is 5.82 Å². The van der Waals surface area contributed by atoms with Gasteiger partial charge >= 0.3 is 0 Å². The lowest BCUT2D eigenvalue weighted by molar-refractivity contribution is 0.619. The summed E-state index contributed by atoms with van der Waals surface area (Å²) in [6.07, 6.45) is 11.3. The summed E-state index contributed by atoms with van der Waals surface area (Å²) in [4.78, 5) is 7.75. The Labute approximate surface area is 174 Å². The summed E-state index contributed by atoms with van der Waals surface area (Å²) >= 11 is 0. The van der Waals surface area contributed by atoms with Gasteiger partial charge in [-0.3, -0.25) is 9.36 Å². The van der Waals surface area contributed by atoms with E-state index in [9.17, 15) is 4.39 Å². The Kier molecular flexibility index (Phi) is 5.43. The number of aryl methyl sites for hydroxylation is 1. The average Bonchev–Trinajstić information content (AvgIpc) is 3.48. The SMILES string of the molecule is CC.Cn1cc(-c2cnc3[nH]cc(-c4cnn(Cc5cccc(F)c5)c4)c3c2)cn1. The Bertz CT molecular complexity index is 1280. The van der Waals surface area contributed by atoms with Gasteiger partial charge in [0.2, 0.25) is 0 Å². The van der Waals surface area contributed by atoms with Gasteiger partial charge in [0.15, 0.2) is 0 Å². The van der Waals surface area contributed by atoms with Crippen LogP contribution in [0.3, 0.4) is 0 Å². The van der Waals surface area contributed by atoms with Gasteiger partial charge < -0.3 is 4.98 Å². The second kappa shape index (κ2) is 8.32. The molecule has 0 saturated heterocycles. The van der Waals surface area contributed by atoms with Crippen LogP contribution >= 0.6 is 0 Å². The minimum absolute atomic E-state index is 0.240. The van der Waals surface area contributed by atoms with Gasteiger partial charge in [-0.15, -0.1) is 0 Å². The zero-order chi connectivity index (χ0) is 21.1. The van der Waals surface area contributed by atoms with E-state index in [1.54, 1.807) is 15.4 Å². The van der Waals surface area contributed by atoms with E-state index < -0.39 is 0 Å². The predicted octanol–water partition coefficient (Wildman–Crippen LogP) is 5.04. The fraction of sp³-hybridized carbons (Fsp3) is 0.174. The zero-order valence-corrected chi connectivity index (χ0v) is 17.2. The first-order valence-corrected chi connectivity index (χ1v) is 9.89. The van der Waals surface area contributed by atoms with Gasteiger partial charge in [-0.1, -0.05) is 26.0 Å². The molecule has 0 spiro atoms. The number of aromatic nitrogens is 6. The summed E-state index contributed by atoms with van der Waals surface area (Å²) in [5, 5.41) is 9.69. The van der Waals surface area contributed by atoms with Crippen LogP contribution in [0.4, 0.5) is 4.39 Å². The summed E-state index contributed by atoms with van der Waals surface area (Å²) in [6.45, 7) is 4.51. The summed E-state index contributed by atoms with van der Waals surface area (Å²) in [7, 11) is 1.89. The maximum Gasteiger partial charge on any atom is 0.137 e. The van der Waals surface area contributed by atoms with Crippen molar-refractivity contribution in [1.82, 2.24) is 29.5 Å². The number of halogens is 1. The van der Waals surface area contributed by atoms with Crippen LogP contribution in [0.2, 0.25) is 0 Å². The van der Waals surface area contributed by atoms with E-state index in [0.29, 0.717) is 6.54 Å². The Morgan fingerprint density at radius 2 is 1.80 bits per heavy atom. The first-order valence-electron chi connectivity index (χ1n) is 9.89. The number of nitrogens with zero attached hydrogens (tertiary/aromatic N) is 5. The fourth-order valence-electron chi connectivity index (χ4n) is 3.38. The lowest BCUT2D eigenvalue weighted by Gasteiger charge is -2.02. The molecule has 0 unspecified atom stereocenters. The second-order valence-corrected chi connectivity index (χ2v) is 6.78. The molecule has 0 atom stereocenters. The molecule has 6 nitrogen and oxygen atoms in total. The number of hydrogen-bond acceptors (Lipinski definition) is 3. The molecule has 1 N–H and O–H groups in total. The van der Waals surface area contributed by atoms with E-state index >= 15 is 0 Å². The third-order valence-corrected chi connectivity index (χ3v) is 4.75. The quantitative estimate of drug-likeness (QED) is 0.458. The molecule has 7 heteroatoms. The molecule has 152 valence electrons. The van der Waals surface area contributed by atoms with E-state index in [1.807, 2.05) is 64.1 Å². The van der Waals surface area contributed by atoms with E-state index in [0.717, 1.165) is 38.9 Å². The monoisotopic (exact) mass is 402 g/mol. The maximum absolute atomic E-state index is 13.4. The van der Waals surface area contributed by atoms with Crippen LogP contribution in [0.1, 0.15) is 19.4 Å². The normalized spacial score (nSPS) is 10.8. The number of pyridine rings is 1. The third kappa shape index (κ3) is 3.87. The summed E-state index contributed by atoms with van der Waals surface area (Å²) in [5.74, 6) is -0.240. The van der Waals surface area contributed by atoms with Crippen molar-refractivity contribution in [2.24, 2.45) is 7.05 Å². The minimum atomic E-state index is -0.240. The van der Waals surface area contributed by atoms with Crippen LogP contribution in [0.15, 0.2) is 67.5 Å². The van der Waals surface area contributed by atoms with Gasteiger partial charge in [0.1, 0.15) is 11.5 Å². The second-order valence-electron chi connectivity index (χ2n) is 6.78. The van der Waals surface area contributed by atoms with Crippen LogP contribution in [-0.4, -0.2) is 29.5 Å². The van der Waals surface area contributed by atoms with Crippen molar-refractivity contribution in [2.75, 3.05) is 0 Å². The van der Waals surface area contributed by atoms with Gasteiger partial charge in [0, 0.05) is 59.5 Å². The van der Waals surface area contributed by atoms with Gasteiger partial charge in [-0.2, -0.15) is 10.2 Å². The van der Waals surface area contributed by atoms with Gasteiger partial charge in [-0.05, 0) is 23.8 Å². The Morgan fingerprint density at radius 1 is 0.967 bits per heavy atom. The van der Waals surface area contributed by atoms with E-state index in [-0.39, 0.29) is 5.82 Å². The molecule has 0 bridgehead atoms. The lowest BCUT2D eigenvalue weighted by atomic mass is 10.1. The molecule has 1 aromatic carbocycles. The standard InChI is InChI=1S/C21H17FN6.C2H6/c1-27-12-16(8-25-27)15-6-19-20(10-24-21(19)23-7-15)17-9-26-28(13-17)11-14-3-2-4-18(22)5-14;1-2/h2-10,12-13H,11H2,1H3,(H,23,24);1-2H3. The largest absolute Gasteiger partial charge is 0.346 e. The van der Waals surface area contributed by atoms with E-state index in [2.05, 4.69) is 26.2 Å². The molecule has 0 amide bonds. The van der Waals surface area contributed by atoms with Crippen molar-refractivity contribution < 1.29 is 4.39 Å². The van der Waals surface area contributed by atoms with Crippen LogP contribution < -0.4 is 0 Å². The predicted molar refractivity (Wildman–Crippen MR) is 116 cm³/mol. The molecular weight excluding hydrogens is 379 g/mol. The lowest BCUT2D eigenvalue weighted by Crippen LogP contribution is -1.99. The summed E-state index contributed by atoms with van der Waals surface area (Å²) in [6, 6.07) is 8.67. The molecule has 30 heavy (non-hydrogen) atoms. The molecule has 4 aromatic heterocycles. The number of nitrogens with one attached hydrogen (secondary N) is 1. The van der Waals surface area contributed by atoms with Crippen LogP contribution in [0.5, 0.6) is 0 Å². The molecule has 0 radical (unpaired) electrons. The smallest absolute Gasteiger partial charge is 0.137 e. The Balaban J connectivity index is 0.00000106. The van der Waals surface area contributed by atoms with Crippen LogP contribution in [0.25, 0.3) is 33.3 Å². The Morgan fingerprint density at radius 3 is 2.57 bits per heavy atom. The number of benzene rings is 1. The fourth-order valence-corrected chi connectivity index (χ4v) is 3.38. The number of rotatable bonds is 4. The van der Waals surface area contributed by atoms with Crippen molar-refractivity contribution in [2.45, 2.75) is 20.4 Å². The molecule has 0 fully saturated rings. The number of H-pyrrole nitrogens is 1. The summed E-state index contributed by atoms with van der Waals surface area (Å²) in [5.41, 5.74) is 5.72. The third-order valence-electron chi connectivity index (χ3n) is 4.75. The van der Waals surface area contributed by atoms with Crippen molar-refractivity contribution in [3.63, 3.8) is 0 Å². The summed E-state index contributed by atoms with van der Waals surface area (Å²) < 4.78 is 17.0. The van der Waals surface area contributed by atoms with E-state index in [4.69, 9.17) is 0 Å². The van der Waals surface area contributed by atoms with Gasteiger partial charge in [0.05, 0.1) is 18.9 Å².